The Morgan fingerprint density at radius 2 is 1.83 bits per heavy atom. The molecule has 12 unspecified atom stereocenters. The van der Waals surface area contributed by atoms with E-state index in [1.165, 1.54) is 0 Å². The summed E-state index contributed by atoms with van der Waals surface area (Å²) in [7, 11) is 0. The van der Waals surface area contributed by atoms with E-state index in [0.29, 0.717) is 31.3 Å². The summed E-state index contributed by atoms with van der Waals surface area (Å²) in [6.07, 6.45) is 3.64. The second kappa shape index (κ2) is 6.70. The summed E-state index contributed by atoms with van der Waals surface area (Å²) < 4.78 is 18.4. The minimum atomic E-state index is -1.77. The molecule has 0 aromatic heterocycles. The van der Waals surface area contributed by atoms with Crippen LogP contribution in [0.4, 0.5) is 0 Å². The molecule has 8 heteroatoms. The molecule has 2 bridgehead atoms. The van der Waals surface area contributed by atoms with Gasteiger partial charge >= 0.3 is 5.97 Å². The highest BCUT2D eigenvalue weighted by Crippen LogP contribution is 2.75. The van der Waals surface area contributed by atoms with Crippen molar-refractivity contribution in [3.8, 4) is 0 Å². The maximum atomic E-state index is 13.6. The zero-order chi connectivity index (χ0) is 25.6. The van der Waals surface area contributed by atoms with Crippen LogP contribution < -0.4 is 0 Å². The van der Waals surface area contributed by atoms with Gasteiger partial charge < -0.3 is 29.5 Å². The van der Waals surface area contributed by atoms with Gasteiger partial charge in [0.05, 0.1) is 29.1 Å². The summed E-state index contributed by atoms with van der Waals surface area (Å²) in [5, 5.41) is 36.8. The van der Waals surface area contributed by atoms with E-state index in [2.05, 4.69) is 0 Å². The van der Waals surface area contributed by atoms with Gasteiger partial charge in [-0.2, -0.15) is 0 Å². The molecule has 0 aromatic carbocycles. The first-order valence-electron chi connectivity index (χ1n) is 13.4. The van der Waals surface area contributed by atoms with E-state index < -0.39 is 58.0 Å². The molecule has 196 valence electrons. The lowest BCUT2D eigenvalue weighted by molar-refractivity contribution is -0.416. The maximum Gasteiger partial charge on any atom is 0.334 e. The third-order valence-corrected chi connectivity index (χ3v) is 12.3. The zero-order valence-corrected chi connectivity index (χ0v) is 21.3. The molecule has 0 radical (unpaired) electrons. The molecule has 7 rings (SSSR count). The van der Waals surface area contributed by atoms with Crippen LogP contribution in [0.25, 0.3) is 0 Å². The summed E-state index contributed by atoms with van der Waals surface area (Å²) in [5.74, 6) is -3.17. The smallest absolute Gasteiger partial charge is 0.334 e. The van der Waals surface area contributed by atoms with E-state index in [-0.39, 0.29) is 36.6 Å². The second-order valence-electron chi connectivity index (χ2n) is 12.9. The number of carbonyl (C=O) groups excluding carboxylic acids is 2. The average Bonchev–Trinajstić information content (AvgIpc) is 3.33. The van der Waals surface area contributed by atoms with Gasteiger partial charge in [0.1, 0.15) is 11.7 Å². The van der Waals surface area contributed by atoms with Gasteiger partial charge in [0.25, 0.3) is 0 Å². The molecule has 0 amide bonds. The van der Waals surface area contributed by atoms with Gasteiger partial charge in [-0.1, -0.05) is 19.9 Å². The molecule has 3 saturated carbocycles. The molecule has 2 saturated heterocycles. The van der Waals surface area contributed by atoms with Crippen LogP contribution >= 0.6 is 0 Å². The Bertz CT molecular complexity index is 1140. The number of aliphatic hydroxyl groups is 3. The summed E-state index contributed by atoms with van der Waals surface area (Å²) in [4.78, 5) is 25.9. The van der Waals surface area contributed by atoms with Crippen LogP contribution in [0.1, 0.15) is 59.8 Å². The third-order valence-electron chi connectivity index (χ3n) is 12.3. The number of hydrogen-bond acceptors (Lipinski definition) is 8. The molecule has 3 heterocycles. The largest absolute Gasteiger partial charge is 0.452 e. The first-order chi connectivity index (χ1) is 16.9. The normalized spacial score (nSPS) is 59.0. The highest BCUT2D eigenvalue weighted by Gasteiger charge is 2.82. The number of ether oxygens (including phenoxy) is 3. The van der Waals surface area contributed by atoms with Crippen molar-refractivity contribution in [1.29, 1.82) is 0 Å². The lowest BCUT2D eigenvalue weighted by Crippen LogP contribution is -2.77. The van der Waals surface area contributed by atoms with E-state index in [1.807, 2.05) is 20.8 Å². The SMILES string of the molecule is CC1=C(C)C(C2OC3(O)CC4C(CC5OCC46C(=O)C=CCC56O)C4CCC(O)(C2C)C43C)OC1=O. The highest BCUT2D eigenvalue weighted by atomic mass is 16.7. The lowest BCUT2D eigenvalue weighted by Gasteiger charge is -2.68. The van der Waals surface area contributed by atoms with Crippen molar-refractivity contribution < 1.29 is 39.1 Å². The van der Waals surface area contributed by atoms with Crippen LogP contribution in [0.2, 0.25) is 0 Å². The average molecular weight is 501 g/mol. The number of rotatable bonds is 1. The minimum Gasteiger partial charge on any atom is -0.452 e. The van der Waals surface area contributed by atoms with E-state index in [9.17, 15) is 24.9 Å². The van der Waals surface area contributed by atoms with Gasteiger partial charge in [-0.15, -0.1) is 0 Å². The van der Waals surface area contributed by atoms with Crippen molar-refractivity contribution in [3.05, 3.63) is 23.3 Å². The monoisotopic (exact) mass is 500 g/mol. The van der Waals surface area contributed by atoms with E-state index >= 15 is 0 Å². The second-order valence-corrected chi connectivity index (χ2v) is 12.9. The summed E-state index contributed by atoms with van der Waals surface area (Å²) in [6, 6.07) is 0. The summed E-state index contributed by atoms with van der Waals surface area (Å²) in [5.41, 5.74) is -3.39. The molecule has 5 fully saturated rings. The van der Waals surface area contributed by atoms with E-state index in [1.54, 1.807) is 19.1 Å². The van der Waals surface area contributed by atoms with Crippen LogP contribution in [-0.2, 0) is 23.8 Å². The van der Waals surface area contributed by atoms with Gasteiger partial charge in [0.15, 0.2) is 17.7 Å². The van der Waals surface area contributed by atoms with Crippen LogP contribution in [0.3, 0.4) is 0 Å². The van der Waals surface area contributed by atoms with Gasteiger partial charge in [-0.3, -0.25) is 4.79 Å². The molecular formula is C28H36O8. The molecule has 3 aliphatic heterocycles. The Morgan fingerprint density at radius 1 is 1.08 bits per heavy atom. The Morgan fingerprint density at radius 3 is 2.53 bits per heavy atom. The predicted molar refractivity (Wildman–Crippen MR) is 125 cm³/mol. The molecule has 8 nitrogen and oxygen atoms in total. The van der Waals surface area contributed by atoms with Crippen LogP contribution in [0.5, 0.6) is 0 Å². The fourth-order valence-corrected chi connectivity index (χ4v) is 10.1. The standard InChI is InChI=1S/C28H36O8/c1-13-14(2)23(30)35-21(13)22-15(3)26(31)9-7-17-16-10-20-27(32)8-5-6-19(29)25(27,12-34-20)18(16)11-28(33,36-22)24(17,26)4/h5-6,15-18,20-22,31-33H,7-12H2,1-4H3. The highest BCUT2D eigenvalue weighted by molar-refractivity contribution is 5.98. The molecule has 12 atom stereocenters. The summed E-state index contributed by atoms with van der Waals surface area (Å²) >= 11 is 0. The Balaban J connectivity index is 1.36. The Kier molecular flexibility index (Phi) is 4.38. The number of ketones is 1. The van der Waals surface area contributed by atoms with Crippen molar-refractivity contribution in [2.75, 3.05) is 6.61 Å². The number of allylic oxidation sites excluding steroid dienone is 1. The first-order valence-corrected chi connectivity index (χ1v) is 13.4. The molecule has 4 aliphatic carbocycles. The van der Waals surface area contributed by atoms with Crippen LogP contribution in [0.15, 0.2) is 23.3 Å². The maximum absolute atomic E-state index is 13.6. The van der Waals surface area contributed by atoms with Crippen molar-refractivity contribution >= 4 is 11.8 Å². The topological polar surface area (TPSA) is 123 Å². The first kappa shape index (κ1) is 23.5. The van der Waals surface area contributed by atoms with Crippen molar-refractivity contribution in [2.24, 2.45) is 34.5 Å². The van der Waals surface area contributed by atoms with E-state index in [4.69, 9.17) is 14.2 Å². The third kappa shape index (κ3) is 2.21. The molecule has 3 N–H and O–H groups in total. The van der Waals surface area contributed by atoms with Gasteiger partial charge in [-0.25, -0.2) is 4.79 Å². The molecular weight excluding hydrogens is 464 g/mol. The molecule has 0 aromatic rings. The number of carbonyl (C=O) groups is 2. The molecule has 36 heavy (non-hydrogen) atoms. The fourth-order valence-electron chi connectivity index (χ4n) is 10.1. The van der Waals surface area contributed by atoms with E-state index in [0.717, 1.165) is 5.57 Å². The van der Waals surface area contributed by atoms with Gasteiger partial charge in [0.2, 0.25) is 0 Å². The summed E-state index contributed by atoms with van der Waals surface area (Å²) in [6.45, 7) is 7.55. The number of cyclic esters (lactones) is 1. The minimum absolute atomic E-state index is 0.00746. The quantitative estimate of drug-likeness (QED) is 0.466. The van der Waals surface area contributed by atoms with Crippen molar-refractivity contribution in [2.45, 2.75) is 95.1 Å². The van der Waals surface area contributed by atoms with Gasteiger partial charge in [0, 0.05) is 17.9 Å². The van der Waals surface area contributed by atoms with Gasteiger partial charge in [-0.05, 0) is 68.9 Å². The zero-order valence-electron chi connectivity index (χ0n) is 21.3. The Hall–Kier alpha value is -1.58. The van der Waals surface area contributed by atoms with Crippen molar-refractivity contribution in [3.63, 3.8) is 0 Å². The molecule has 7 aliphatic rings. The van der Waals surface area contributed by atoms with Crippen LogP contribution in [0, 0.1) is 34.5 Å². The van der Waals surface area contributed by atoms with Crippen LogP contribution in [-0.4, -0.2) is 69.0 Å². The fraction of sp³-hybridized carbons (Fsp3) is 0.786. The number of hydrogen-bond donors (Lipinski definition) is 3. The number of esters is 1. The van der Waals surface area contributed by atoms with Crippen molar-refractivity contribution in [1.82, 2.24) is 0 Å². The predicted octanol–water partition coefficient (Wildman–Crippen LogP) is 1.80. The molecule has 0 spiro atoms. The lowest BCUT2D eigenvalue weighted by atomic mass is 9.41. The number of fused-ring (bicyclic) bond motifs is 2. The Labute approximate surface area is 210 Å².